The van der Waals surface area contributed by atoms with Gasteiger partial charge in [-0.25, -0.2) is 0 Å². The van der Waals surface area contributed by atoms with Crippen LogP contribution in [0, 0.1) is 0 Å². The molecule has 126 valence electrons. The van der Waals surface area contributed by atoms with Crippen LogP contribution >= 0.6 is 11.6 Å². The second-order valence-electron chi connectivity index (χ2n) is 5.84. The molecule has 1 aromatic heterocycles. The predicted octanol–water partition coefficient (Wildman–Crippen LogP) is 5.34. The van der Waals surface area contributed by atoms with Crippen LogP contribution in [0.3, 0.4) is 0 Å². The van der Waals surface area contributed by atoms with Crippen molar-refractivity contribution in [2.24, 2.45) is 0 Å². The summed E-state index contributed by atoms with van der Waals surface area (Å²) in [5.41, 5.74) is 1.10. The Kier molecular flexibility index (Phi) is 4.15. The molecule has 0 amide bonds. The molecule has 0 aliphatic rings. The molecular weight excluding hydrogens is 348 g/mol. The molecule has 3 nitrogen and oxygen atoms in total. The molecule has 0 unspecified atom stereocenters. The molecule has 0 bridgehead atoms. The Morgan fingerprint density at radius 3 is 2.35 bits per heavy atom. The summed E-state index contributed by atoms with van der Waals surface area (Å²) >= 11 is 6.10. The van der Waals surface area contributed by atoms with Crippen LogP contribution in [0.25, 0.3) is 22.3 Å². The second-order valence-corrected chi connectivity index (χ2v) is 6.27. The van der Waals surface area contributed by atoms with Crippen LogP contribution in [0.1, 0.15) is 15.9 Å². The van der Waals surface area contributed by atoms with Crippen LogP contribution < -0.4 is 5.43 Å². The lowest BCUT2D eigenvalue weighted by Gasteiger charge is -2.10. The number of carbonyl (C=O) groups is 1. The van der Waals surface area contributed by atoms with Crippen LogP contribution in [0.4, 0.5) is 0 Å². The van der Waals surface area contributed by atoms with Gasteiger partial charge < -0.3 is 4.42 Å². The van der Waals surface area contributed by atoms with Crippen molar-refractivity contribution in [2.75, 3.05) is 0 Å². The van der Waals surface area contributed by atoms with Crippen molar-refractivity contribution < 1.29 is 9.21 Å². The van der Waals surface area contributed by atoms with Crippen LogP contribution in [0.2, 0.25) is 5.02 Å². The zero-order valence-corrected chi connectivity index (χ0v) is 14.4. The number of carbonyl (C=O) groups excluding carboxylic acids is 1. The minimum Gasteiger partial charge on any atom is -0.455 e. The van der Waals surface area contributed by atoms with Crippen molar-refractivity contribution in [1.29, 1.82) is 0 Å². The lowest BCUT2D eigenvalue weighted by atomic mass is 9.97. The Morgan fingerprint density at radius 2 is 1.58 bits per heavy atom. The molecule has 0 N–H and O–H groups in total. The monoisotopic (exact) mass is 360 g/mol. The average Bonchev–Trinajstić information content (AvgIpc) is 2.68. The van der Waals surface area contributed by atoms with E-state index in [0.29, 0.717) is 27.1 Å². The summed E-state index contributed by atoms with van der Waals surface area (Å²) in [5.74, 6) is -0.148. The van der Waals surface area contributed by atoms with Gasteiger partial charge in [-0.1, -0.05) is 66.2 Å². The van der Waals surface area contributed by atoms with Crippen molar-refractivity contribution >= 4 is 28.4 Å². The van der Waals surface area contributed by atoms with Gasteiger partial charge >= 0.3 is 0 Å². The van der Waals surface area contributed by atoms with Crippen LogP contribution in [-0.2, 0) is 0 Å². The van der Waals surface area contributed by atoms with Crippen molar-refractivity contribution in [3.05, 3.63) is 105 Å². The van der Waals surface area contributed by atoms with Crippen LogP contribution in [-0.4, -0.2) is 5.78 Å². The SMILES string of the molecule is O=C(c1ccccc1)c1c(-c2cccc(Cl)c2)oc2ccccc2c1=O. The van der Waals surface area contributed by atoms with Crippen LogP contribution in [0.15, 0.2) is 88.1 Å². The zero-order valence-electron chi connectivity index (χ0n) is 13.6. The van der Waals surface area contributed by atoms with Gasteiger partial charge in [0.15, 0.2) is 0 Å². The summed E-state index contributed by atoms with van der Waals surface area (Å²) in [4.78, 5) is 26.2. The highest BCUT2D eigenvalue weighted by molar-refractivity contribution is 6.30. The fourth-order valence-electron chi connectivity index (χ4n) is 2.92. The molecule has 26 heavy (non-hydrogen) atoms. The van der Waals surface area contributed by atoms with E-state index in [0.717, 1.165) is 0 Å². The first-order valence-corrected chi connectivity index (χ1v) is 8.44. The first kappa shape index (κ1) is 16.3. The van der Waals surface area contributed by atoms with Gasteiger partial charge in [-0.05, 0) is 24.3 Å². The van der Waals surface area contributed by atoms with E-state index in [2.05, 4.69) is 0 Å². The van der Waals surface area contributed by atoms with E-state index in [1.54, 1.807) is 72.8 Å². The summed E-state index contributed by atoms with van der Waals surface area (Å²) < 4.78 is 5.98. The van der Waals surface area contributed by atoms with E-state index in [1.165, 1.54) is 0 Å². The van der Waals surface area contributed by atoms with Crippen molar-refractivity contribution in [3.8, 4) is 11.3 Å². The number of hydrogen-bond acceptors (Lipinski definition) is 3. The van der Waals surface area contributed by atoms with Crippen molar-refractivity contribution in [2.45, 2.75) is 0 Å². The Morgan fingerprint density at radius 1 is 0.846 bits per heavy atom. The lowest BCUT2D eigenvalue weighted by Crippen LogP contribution is -2.17. The Hall–Kier alpha value is -3.17. The number of hydrogen-bond donors (Lipinski definition) is 0. The van der Waals surface area contributed by atoms with E-state index < -0.39 is 0 Å². The second kappa shape index (κ2) is 6.62. The van der Waals surface area contributed by atoms with Gasteiger partial charge in [0.25, 0.3) is 0 Å². The quantitative estimate of drug-likeness (QED) is 0.463. The Balaban J connectivity index is 2.06. The largest absolute Gasteiger partial charge is 0.455 e. The molecule has 0 radical (unpaired) electrons. The van der Waals surface area contributed by atoms with Gasteiger partial charge in [0.05, 0.1) is 5.39 Å². The highest BCUT2D eigenvalue weighted by Gasteiger charge is 2.23. The molecule has 0 aliphatic heterocycles. The van der Waals surface area contributed by atoms with E-state index in [-0.39, 0.29) is 22.5 Å². The van der Waals surface area contributed by atoms with Crippen LogP contribution in [0.5, 0.6) is 0 Å². The smallest absolute Gasteiger partial charge is 0.204 e. The molecule has 1 heterocycles. The van der Waals surface area contributed by atoms with Crippen molar-refractivity contribution in [3.63, 3.8) is 0 Å². The van der Waals surface area contributed by atoms with Crippen molar-refractivity contribution in [1.82, 2.24) is 0 Å². The number of ketones is 1. The average molecular weight is 361 g/mol. The minimum absolute atomic E-state index is 0.0113. The highest BCUT2D eigenvalue weighted by atomic mass is 35.5. The van der Waals surface area contributed by atoms with E-state index in [9.17, 15) is 9.59 Å². The maximum atomic E-state index is 13.1. The molecule has 0 fully saturated rings. The summed E-state index contributed by atoms with van der Waals surface area (Å²) in [7, 11) is 0. The predicted molar refractivity (Wildman–Crippen MR) is 103 cm³/mol. The van der Waals surface area contributed by atoms with E-state index >= 15 is 0 Å². The maximum absolute atomic E-state index is 13.1. The van der Waals surface area contributed by atoms with Gasteiger partial charge in [-0.2, -0.15) is 0 Å². The van der Waals surface area contributed by atoms with Gasteiger partial charge in [0, 0.05) is 16.1 Å². The third kappa shape index (κ3) is 2.83. The number of benzene rings is 3. The van der Waals surface area contributed by atoms with E-state index in [4.69, 9.17) is 16.0 Å². The normalized spacial score (nSPS) is 10.8. The minimum atomic E-state index is -0.375. The number of halogens is 1. The summed E-state index contributed by atoms with van der Waals surface area (Å²) in [6, 6.07) is 22.5. The molecule has 4 heteroatoms. The lowest BCUT2D eigenvalue weighted by molar-refractivity contribution is 0.103. The highest BCUT2D eigenvalue weighted by Crippen LogP contribution is 2.29. The standard InChI is InChI=1S/C22H13ClO3/c23-16-10-6-9-15(13-16)22-19(20(24)14-7-2-1-3-8-14)21(25)17-11-4-5-12-18(17)26-22/h1-13H. The molecule has 4 rings (SSSR count). The third-order valence-corrected chi connectivity index (χ3v) is 4.38. The Labute approximate surface area is 154 Å². The molecule has 3 aromatic carbocycles. The Bertz CT molecular complexity index is 1180. The number of para-hydroxylation sites is 1. The molecule has 0 atom stereocenters. The summed E-state index contributed by atoms with van der Waals surface area (Å²) in [5, 5.41) is 0.869. The molecule has 0 saturated heterocycles. The molecule has 0 aliphatic carbocycles. The maximum Gasteiger partial charge on any atom is 0.204 e. The van der Waals surface area contributed by atoms with Gasteiger partial charge in [0.2, 0.25) is 11.2 Å². The summed E-state index contributed by atoms with van der Waals surface area (Å²) in [6.45, 7) is 0. The third-order valence-electron chi connectivity index (χ3n) is 4.15. The molecule has 4 aromatic rings. The molecule has 0 spiro atoms. The molecular formula is C22H13ClO3. The molecule has 0 saturated carbocycles. The topological polar surface area (TPSA) is 47.3 Å². The van der Waals surface area contributed by atoms with Gasteiger partial charge in [-0.3, -0.25) is 9.59 Å². The zero-order chi connectivity index (χ0) is 18.1. The first-order valence-electron chi connectivity index (χ1n) is 8.06. The van der Waals surface area contributed by atoms with E-state index in [1.807, 2.05) is 6.07 Å². The van der Waals surface area contributed by atoms with Gasteiger partial charge in [-0.15, -0.1) is 0 Å². The first-order chi connectivity index (χ1) is 12.6. The number of fused-ring (bicyclic) bond motifs is 1. The number of rotatable bonds is 3. The fourth-order valence-corrected chi connectivity index (χ4v) is 3.11. The summed E-state index contributed by atoms with van der Waals surface area (Å²) in [6.07, 6.45) is 0. The fraction of sp³-hybridized carbons (Fsp3) is 0. The van der Waals surface area contributed by atoms with Gasteiger partial charge in [0.1, 0.15) is 16.9 Å².